The van der Waals surface area contributed by atoms with Crippen LogP contribution in [0.1, 0.15) is 5.56 Å². The number of carbonyl (C=O) groups is 2. The average molecular weight is 376 g/mol. The Morgan fingerprint density at radius 1 is 0.857 bits per heavy atom. The second-order valence-corrected chi connectivity index (χ2v) is 6.03. The molecule has 0 atom stereocenters. The van der Waals surface area contributed by atoms with Crippen LogP contribution in [0.4, 0.5) is 5.69 Å². The minimum absolute atomic E-state index is 0.0352. The van der Waals surface area contributed by atoms with Crippen molar-refractivity contribution in [3.63, 3.8) is 0 Å². The van der Waals surface area contributed by atoms with Gasteiger partial charge in [0.25, 0.3) is 5.91 Å². The molecule has 0 fully saturated rings. The second kappa shape index (κ2) is 9.23. The minimum Gasteiger partial charge on any atom is -0.484 e. The number of hydrogen-bond acceptors (Lipinski definition) is 4. The maximum absolute atomic E-state index is 12.2. The van der Waals surface area contributed by atoms with Crippen LogP contribution in [0.2, 0.25) is 0 Å². The summed E-state index contributed by atoms with van der Waals surface area (Å²) in [6.07, 6.45) is 0.0352. The lowest BCUT2D eigenvalue weighted by Crippen LogP contribution is -2.20. The number of anilines is 1. The molecule has 0 saturated carbocycles. The van der Waals surface area contributed by atoms with Gasteiger partial charge in [0.15, 0.2) is 6.61 Å². The monoisotopic (exact) mass is 376 g/mol. The number of benzene rings is 3. The first kappa shape index (κ1) is 19.0. The zero-order valence-corrected chi connectivity index (χ0v) is 15.1. The van der Waals surface area contributed by atoms with E-state index in [2.05, 4.69) is 5.32 Å². The van der Waals surface area contributed by atoms with Crippen LogP contribution >= 0.6 is 0 Å². The lowest BCUT2D eigenvalue weighted by molar-refractivity contribution is -0.118. The molecule has 6 nitrogen and oxygen atoms in total. The van der Waals surface area contributed by atoms with Gasteiger partial charge in [-0.3, -0.25) is 9.59 Å². The highest BCUT2D eigenvalue weighted by atomic mass is 16.5. The molecule has 0 aliphatic rings. The molecule has 0 radical (unpaired) electrons. The Balaban J connectivity index is 1.71. The van der Waals surface area contributed by atoms with Gasteiger partial charge in [-0.1, -0.05) is 42.5 Å². The molecule has 3 aromatic rings. The predicted molar refractivity (Wildman–Crippen MR) is 106 cm³/mol. The Morgan fingerprint density at radius 3 is 2.14 bits per heavy atom. The summed E-state index contributed by atoms with van der Waals surface area (Å²) in [7, 11) is 0. The first-order chi connectivity index (χ1) is 13.6. The number of primary amides is 1. The number of ether oxygens (including phenoxy) is 2. The summed E-state index contributed by atoms with van der Waals surface area (Å²) in [6, 6.07) is 23.3. The van der Waals surface area contributed by atoms with E-state index in [4.69, 9.17) is 15.2 Å². The first-order valence-electron chi connectivity index (χ1n) is 8.72. The quantitative estimate of drug-likeness (QED) is 0.629. The molecule has 6 heteroatoms. The van der Waals surface area contributed by atoms with Crippen molar-refractivity contribution >= 4 is 17.5 Å². The summed E-state index contributed by atoms with van der Waals surface area (Å²) >= 11 is 0. The standard InChI is InChI=1S/C22H20N2O4/c23-21(25)13-16-11-12-17(14-20(16)28-19-9-5-2-6-10-19)24-22(26)15-27-18-7-3-1-4-8-18/h1-12,14H,13,15H2,(H2,23,25)(H,24,26). The lowest BCUT2D eigenvalue weighted by atomic mass is 10.1. The van der Waals surface area contributed by atoms with E-state index in [1.807, 2.05) is 36.4 Å². The van der Waals surface area contributed by atoms with Gasteiger partial charge in [-0.05, 0) is 30.3 Å². The molecule has 142 valence electrons. The van der Waals surface area contributed by atoms with Crippen molar-refractivity contribution in [2.75, 3.05) is 11.9 Å². The highest BCUT2D eigenvalue weighted by molar-refractivity contribution is 5.92. The summed E-state index contributed by atoms with van der Waals surface area (Å²) in [5.41, 5.74) is 6.48. The van der Waals surface area contributed by atoms with Crippen LogP contribution in [0.15, 0.2) is 78.9 Å². The third-order valence-electron chi connectivity index (χ3n) is 3.80. The van der Waals surface area contributed by atoms with E-state index in [0.29, 0.717) is 28.5 Å². The van der Waals surface area contributed by atoms with Gasteiger partial charge >= 0.3 is 0 Å². The van der Waals surface area contributed by atoms with E-state index in [-0.39, 0.29) is 18.9 Å². The molecule has 28 heavy (non-hydrogen) atoms. The molecule has 3 N–H and O–H groups in total. The van der Waals surface area contributed by atoms with Crippen LogP contribution in [0.25, 0.3) is 0 Å². The predicted octanol–water partition coefficient (Wildman–Crippen LogP) is 3.52. The Morgan fingerprint density at radius 2 is 1.50 bits per heavy atom. The molecule has 0 bridgehead atoms. The topological polar surface area (TPSA) is 90.7 Å². The van der Waals surface area contributed by atoms with E-state index in [1.165, 1.54) is 0 Å². The SMILES string of the molecule is NC(=O)Cc1ccc(NC(=O)COc2ccccc2)cc1Oc1ccccc1. The van der Waals surface area contributed by atoms with Crippen molar-refractivity contribution in [2.45, 2.75) is 6.42 Å². The molecule has 2 amide bonds. The van der Waals surface area contributed by atoms with Gasteiger partial charge in [0.2, 0.25) is 5.91 Å². The summed E-state index contributed by atoms with van der Waals surface area (Å²) < 4.78 is 11.3. The van der Waals surface area contributed by atoms with Crippen molar-refractivity contribution in [1.82, 2.24) is 0 Å². The zero-order chi connectivity index (χ0) is 19.8. The van der Waals surface area contributed by atoms with Gasteiger partial charge < -0.3 is 20.5 Å². The number of hydrogen-bond donors (Lipinski definition) is 2. The summed E-state index contributed by atoms with van der Waals surface area (Å²) in [5.74, 6) is 0.904. The van der Waals surface area contributed by atoms with Crippen LogP contribution in [0, 0.1) is 0 Å². The molecule has 3 aromatic carbocycles. The Kier molecular flexibility index (Phi) is 6.25. The number of para-hydroxylation sites is 2. The van der Waals surface area contributed by atoms with Crippen LogP contribution in [0.5, 0.6) is 17.2 Å². The smallest absolute Gasteiger partial charge is 0.262 e. The minimum atomic E-state index is -0.467. The van der Waals surface area contributed by atoms with Crippen molar-refractivity contribution in [2.24, 2.45) is 5.73 Å². The molecule has 0 saturated heterocycles. The number of nitrogens with one attached hydrogen (secondary N) is 1. The Bertz CT molecular complexity index is 943. The fourth-order valence-corrected chi connectivity index (χ4v) is 2.54. The van der Waals surface area contributed by atoms with Gasteiger partial charge in [0.05, 0.1) is 6.42 Å². The summed E-state index contributed by atoms with van der Waals surface area (Å²) in [5, 5.41) is 2.76. The fourth-order valence-electron chi connectivity index (χ4n) is 2.54. The maximum atomic E-state index is 12.2. The largest absolute Gasteiger partial charge is 0.484 e. The van der Waals surface area contributed by atoms with Crippen molar-refractivity contribution < 1.29 is 19.1 Å². The highest BCUT2D eigenvalue weighted by Gasteiger charge is 2.11. The van der Waals surface area contributed by atoms with Gasteiger partial charge in [0, 0.05) is 17.3 Å². The number of rotatable bonds is 8. The number of nitrogens with two attached hydrogens (primary N) is 1. The number of carbonyl (C=O) groups excluding carboxylic acids is 2. The normalized spacial score (nSPS) is 10.1. The first-order valence-corrected chi connectivity index (χ1v) is 8.72. The van der Waals surface area contributed by atoms with Gasteiger partial charge in [0.1, 0.15) is 17.2 Å². The third-order valence-corrected chi connectivity index (χ3v) is 3.80. The number of amides is 2. The molecule has 0 aliphatic heterocycles. The molecular weight excluding hydrogens is 356 g/mol. The molecule has 3 rings (SSSR count). The highest BCUT2D eigenvalue weighted by Crippen LogP contribution is 2.29. The zero-order valence-electron chi connectivity index (χ0n) is 15.1. The van der Waals surface area contributed by atoms with Crippen molar-refractivity contribution in [3.05, 3.63) is 84.4 Å². The van der Waals surface area contributed by atoms with Crippen LogP contribution < -0.4 is 20.5 Å². The molecule has 0 unspecified atom stereocenters. The van der Waals surface area contributed by atoms with E-state index >= 15 is 0 Å². The third kappa shape index (κ3) is 5.60. The molecule has 0 heterocycles. The van der Waals surface area contributed by atoms with E-state index < -0.39 is 5.91 Å². The maximum Gasteiger partial charge on any atom is 0.262 e. The van der Waals surface area contributed by atoms with Crippen molar-refractivity contribution in [3.8, 4) is 17.2 Å². The van der Waals surface area contributed by atoms with E-state index in [0.717, 1.165) is 0 Å². The van der Waals surface area contributed by atoms with Crippen molar-refractivity contribution in [1.29, 1.82) is 0 Å². The van der Waals surface area contributed by atoms with Gasteiger partial charge in [-0.2, -0.15) is 0 Å². The summed E-state index contributed by atoms with van der Waals surface area (Å²) in [6.45, 7) is -0.123. The average Bonchev–Trinajstić information content (AvgIpc) is 2.70. The molecule has 0 aliphatic carbocycles. The van der Waals surface area contributed by atoms with Gasteiger partial charge in [-0.15, -0.1) is 0 Å². The van der Waals surface area contributed by atoms with Crippen LogP contribution in [-0.2, 0) is 16.0 Å². The fraction of sp³-hybridized carbons (Fsp3) is 0.0909. The Hall–Kier alpha value is -3.80. The molecule has 0 spiro atoms. The lowest BCUT2D eigenvalue weighted by Gasteiger charge is -2.13. The van der Waals surface area contributed by atoms with E-state index in [9.17, 15) is 9.59 Å². The molecule has 0 aromatic heterocycles. The second-order valence-electron chi connectivity index (χ2n) is 6.03. The van der Waals surface area contributed by atoms with Crippen LogP contribution in [0.3, 0.4) is 0 Å². The summed E-state index contributed by atoms with van der Waals surface area (Å²) in [4.78, 5) is 23.5. The van der Waals surface area contributed by atoms with Gasteiger partial charge in [-0.25, -0.2) is 0 Å². The molecular formula is C22H20N2O4. The van der Waals surface area contributed by atoms with E-state index in [1.54, 1.807) is 42.5 Å². The Labute approximate surface area is 162 Å². The van der Waals surface area contributed by atoms with Crippen LogP contribution in [-0.4, -0.2) is 18.4 Å².